The fraction of sp³-hybridized carbons (Fsp3) is 0.655. The van der Waals surface area contributed by atoms with Gasteiger partial charge in [0.25, 0.3) is 0 Å². The van der Waals surface area contributed by atoms with Crippen LogP contribution in [0.5, 0.6) is 0 Å². The summed E-state index contributed by atoms with van der Waals surface area (Å²) >= 11 is 0. The largest absolute Gasteiger partial charge is 0.494 e. The van der Waals surface area contributed by atoms with E-state index in [9.17, 15) is 0 Å². The Morgan fingerprint density at radius 2 is 1.50 bits per heavy atom. The molecule has 0 aliphatic heterocycles. The topological polar surface area (TPSA) is 22.2 Å². The molecule has 0 heterocycles. The van der Waals surface area contributed by atoms with Crippen LogP contribution in [0.15, 0.2) is 61.1 Å². The lowest BCUT2D eigenvalue weighted by molar-refractivity contribution is 0.197. The number of likely N-dealkylation sites (N-methyl/N-ethyl adjacent to an activating group) is 4. The molecule has 1 aliphatic rings. The van der Waals surface area contributed by atoms with E-state index in [-0.39, 0.29) is 0 Å². The zero-order valence-corrected chi connectivity index (χ0v) is 24.4. The van der Waals surface area contributed by atoms with Crippen LogP contribution < -0.4 is 0 Å². The highest BCUT2D eigenvalue weighted by Gasteiger charge is 2.05. The number of ether oxygens (including phenoxy) is 1. The first kappa shape index (κ1) is 36.7. The smallest absolute Gasteiger partial charge is 0.112 e. The number of hydrogen-bond acceptors (Lipinski definition) is 5. The third-order valence-corrected chi connectivity index (χ3v) is 4.68. The minimum Gasteiger partial charge on any atom is -0.494 e. The zero-order chi connectivity index (χ0) is 26.8. The Morgan fingerprint density at radius 1 is 0.912 bits per heavy atom. The van der Waals surface area contributed by atoms with Crippen molar-refractivity contribution in [2.24, 2.45) is 0 Å². The molecule has 34 heavy (non-hydrogen) atoms. The van der Waals surface area contributed by atoms with Crippen LogP contribution in [0, 0.1) is 0 Å². The highest BCUT2D eigenvalue weighted by atomic mass is 16.5. The average Bonchev–Trinajstić information content (AvgIpc) is 2.86. The van der Waals surface area contributed by atoms with Crippen molar-refractivity contribution in [1.82, 2.24) is 19.6 Å². The summed E-state index contributed by atoms with van der Waals surface area (Å²) in [5.74, 6) is 0.695. The van der Waals surface area contributed by atoms with E-state index in [1.54, 1.807) is 6.08 Å². The minimum absolute atomic E-state index is 0.695. The van der Waals surface area contributed by atoms with E-state index in [4.69, 9.17) is 4.74 Å². The normalized spacial score (nSPS) is 12.2. The van der Waals surface area contributed by atoms with E-state index in [2.05, 4.69) is 93.3 Å². The molecule has 0 N–H and O–H groups in total. The van der Waals surface area contributed by atoms with Gasteiger partial charge in [0.15, 0.2) is 0 Å². The molecule has 0 fully saturated rings. The molecule has 200 valence electrons. The Hall–Kier alpha value is -1.82. The summed E-state index contributed by atoms with van der Waals surface area (Å²) in [6, 6.07) is 0. The third-order valence-electron chi connectivity index (χ3n) is 4.68. The van der Waals surface area contributed by atoms with Gasteiger partial charge < -0.3 is 24.3 Å². The predicted octanol–water partition coefficient (Wildman–Crippen LogP) is 5.91. The predicted molar refractivity (Wildman–Crippen MR) is 155 cm³/mol. The molecular formula is C29H58N4O. The van der Waals surface area contributed by atoms with Gasteiger partial charge in [-0.3, -0.25) is 0 Å². The fourth-order valence-electron chi connectivity index (χ4n) is 2.65. The summed E-state index contributed by atoms with van der Waals surface area (Å²) in [5.41, 5.74) is 1.46. The minimum atomic E-state index is 0.695. The van der Waals surface area contributed by atoms with Crippen molar-refractivity contribution in [3.05, 3.63) is 61.1 Å². The van der Waals surface area contributed by atoms with Crippen LogP contribution >= 0.6 is 0 Å². The van der Waals surface area contributed by atoms with Gasteiger partial charge in [0, 0.05) is 45.5 Å². The lowest BCUT2D eigenvalue weighted by Crippen LogP contribution is -2.29. The first-order valence-electron chi connectivity index (χ1n) is 12.9. The van der Waals surface area contributed by atoms with Crippen molar-refractivity contribution in [3.63, 3.8) is 0 Å². The first-order valence-corrected chi connectivity index (χ1v) is 12.9. The Bertz CT molecular complexity index is 550. The van der Waals surface area contributed by atoms with E-state index in [1.807, 2.05) is 39.8 Å². The van der Waals surface area contributed by atoms with Crippen LogP contribution in [-0.2, 0) is 4.74 Å². The lowest BCUT2D eigenvalue weighted by atomic mass is 10.1. The summed E-state index contributed by atoms with van der Waals surface area (Å²) in [5, 5.41) is 0. The number of hydrogen-bond donors (Lipinski definition) is 0. The highest BCUT2D eigenvalue weighted by molar-refractivity contribution is 5.16. The highest BCUT2D eigenvalue weighted by Crippen LogP contribution is 2.14. The van der Waals surface area contributed by atoms with Crippen LogP contribution in [0.2, 0.25) is 0 Å². The average molecular weight is 479 g/mol. The van der Waals surface area contributed by atoms with Gasteiger partial charge >= 0.3 is 0 Å². The van der Waals surface area contributed by atoms with Crippen molar-refractivity contribution >= 4 is 0 Å². The van der Waals surface area contributed by atoms with Gasteiger partial charge in [0.1, 0.15) is 5.76 Å². The SMILES string of the molecule is C=C/C=C\C(=C)OCCCN(C)CCN(C)C.CC.CC.CN(C)CCN(C)C1=CC=CCC1. The monoisotopic (exact) mass is 478 g/mol. The Balaban J connectivity index is -0.000000503. The second-order valence-corrected chi connectivity index (χ2v) is 8.22. The van der Waals surface area contributed by atoms with Gasteiger partial charge in [-0.2, -0.15) is 0 Å². The lowest BCUT2D eigenvalue weighted by Gasteiger charge is -2.25. The van der Waals surface area contributed by atoms with Crippen molar-refractivity contribution in [1.29, 1.82) is 0 Å². The molecule has 0 atom stereocenters. The van der Waals surface area contributed by atoms with E-state index < -0.39 is 0 Å². The van der Waals surface area contributed by atoms with Crippen LogP contribution in [0.1, 0.15) is 47.0 Å². The Labute approximate surface area is 214 Å². The van der Waals surface area contributed by atoms with Crippen LogP contribution in [0.25, 0.3) is 0 Å². The molecule has 0 aromatic carbocycles. The van der Waals surface area contributed by atoms with Gasteiger partial charge in [-0.15, -0.1) is 0 Å². The molecule has 5 nitrogen and oxygen atoms in total. The maximum Gasteiger partial charge on any atom is 0.112 e. The van der Waals surface area contributed by atoms with E-state index >= 15 is 0 Å². The molecule has 0 radical (unpaired) electrons. The second-order valence-electron chi connectivity index (χ2n) is 8.22. The molecule has 0 saturated carbocycles. The van der Waals surface area contributed by atoms with Crippen molar-refractivity contribution in [2.45, 2.75) is 47.0 Å². The van der Waals surface area contributed by atoms with Crippen LogP contribution in [-0.4, -0.2) is 101 Å². The molecule has 0 aromatic rings. The number of nitrogens with zero attached hydrogens (tertiary/aromatic N) is 4. The van der Waals surface area contributed by atoms with Crippen LogP contribution in [0.3, 0.4) is 0 Å². The number of rotatable bonds is 14. The summed E-state index contributed by atoms with van der Waals surface area (Å²) < 4.78 is 5.45. The molecule has 5 heteroatoms. The van der Waals surface area contributed by atoms with Gasteiger partial charge in [0.2, 0.25) is 0 Å². The van der Waals surface area contributed by atoms with E-state index in [1.165, 1.54) is 18.5 Å². The molecular weight excluding hydrogens is 420 g/mol. The molecule has 0 bridgehead atoms. The summed E-state index contributed by atoms with van der Waals surface area (Å²) in [6.07, 6.45) is 15.4. The molecule has 0 aromatic heterocycles. The van der Waals surface area contributed by atoms with Gasteiger partial charge in [-0.05, 0) is 66.7 Å². The van der Waals surface area contributed by atoms with Crippen molar-refractivity contribution in [3.8, 4) is 0 Å². The molecule has 0 amide bonds. The molecule has 1 rings (SSSR count). The maximum atomic E-state index is 5.45. The standard InChI is InChI=1S/C14H26N2O.C11H20N2.2C2H6/c1-6-7-9-14(2)17-13-8-10-16(5)12-11-15(3)4;1-12(2)9-10-13(3)11-7-5-4-6-8-11;2*1-2/h6-7,9H,1-2,8,10-13H2,3-5H3;4-5,7H,6,8-10H2,1-3H3;2*1-2H3/b9-7-;;;. The maximum absolute atomic E-state index is 5.45. The van der Waals surface area contributed by atoms with Crippen molar-refractivity contribution < 1.29 is 4.74 Å². The van der Waals surface area contributed by atoms with Gasteiger partial charge in [-0.25, -0.2) is 0 Å². The zero-order valence-electron chi connectivity index (χ0n) is 24.4. The number of allylic oxidation sites excluding steroid dienone is 7. The summed E-state index contributed by atoms with van der Waals surface area (Å²) in [7, 11) is 12.7. The van der Waals surface area contributed by atoms with Gasteiger partial charge in [0.05, 0.1) is 6.61 Å². The molecule has 0 unspecified atom stereocenters. The van der Waals surface area contributed by atoms with Crippen molar-refractivity contribution in [2.75, 3.05) is 81.6 Å². The Morgan fingerprint density at radius 3 is 2.00 bits per heavy atom. The summed E-state index contributed by atoms with van der Waals surface area (Å²) in [6.45, 7) is 21.6. The summed E-state index contributed by atoms with van der Waals surface area (Å²) in [4.78, 5) is 9.07. The van der Waals surface area contributed by atoms with E-state index in [0.717, 1.165) is 39.1 Å². The third kappa shape index (κ3) is 26.4. The van der Waals surface area contributed by atoms with Crippen LogP contribution in [0.4, 0.5) is 0 Å². The fourth-order valence-corrected chi connectivity index (χ4v) is 2.65. The second kappa shape index (κ2) is 27.4. The quantitative estimate of drug-likeness (QED) is 0.175. The Kier molecular flexibility index (Phi) is 29.6. The van der Waals surface area contributed by atoms with Gasteiger partial charge in [-0.1, -0.05) is 65.2 Å². The first-order chi connectivity index (χ1) is 16.3. The van der Waals surface area contributed by atoms with E-state index in [0.29, 0.717) is 12.4 Å². The molecule has 1 aliphatic carbocycles. The molecule has 0 saturated heterocycles. The molecule has 0 spiro atoms.